The maximum Gasteiger partial charge on any atom is 0.0540 e. The van der Waals surface area contributed by atoms with E-state index in [0.717, 1.165) is 23.4 Å². The fourth-order valence-electron chi connectivity index (χ4n) is 4.13. The predicted octanol–water partition coefficient (Wildman–Crippen LogP) is 6.88. The molecule has 1 heterocycles. The van der Waals surface area contributed by atoms with Crippen LogP contribution in [0.2, 0.25) is 0 Å². The highest BCUT2D eigenvalue weighted by Gasteiger charge is 2.12. The highest BCUT2D eigenvalue weighted by molar-refractivity contribution is 6.10. The second kappa shape index (κ2) is 8.37. The van der Waals surface area contributed by atoms with Gasteiger partial charge in [0, 0.05) is 22.2 Å². The first kappa shape index (κ1) is 19.0. The Morgan fingerprint density at radius 2 is 1.16 bits per heavy atom. The number of benzene rings is 4. The summed E-state index contributed by atoms with van der Waals surface area (Å²) in [6, 6.07) is 37.8. The first-order chi connectivity index (χ1) is 15.3. The summed E-state index contributed by atoms with van der Waals surface area (Å²) < 4.78 is 2.32. The van der Waals surface area contributed by atoms with Gasteiger partial charge in [0.25, 0.3) is 0 Å². The maximum atomic E-state index is 6.57. The van der Waals surface area contributed by atoms with E-state index in [-0.39, 0.29) is 0 Å². The summed E-state index contributed by atoms with van der Waals surface area (Å²) in [6.45, 7) is 0. The molecule has 0 fully saturated rings. The Hall–Kier alpha value is -4.04. The molecule has 0 saturated carbocycles. The molecule has 0 atom stereocenters. The summed E-state index contributed by atoms with van der Waals surface area (Å²) in [6.07, 6.45) is 5.19. The molecule has 0 unspecified atom stereocenters. The number of hydrogen-bond donors (Lipinski definition) is 1. The number of allylic oxidation sites excluding steroid dienone is 3. The van der Waals surface area contributed by atoms with E-state index >= 15 is 0 Å². The first-order valence-corrected chi connectivity index (χ1v) is 10.6. The molecule has 0 saturated heterocycles. The van der Waals surface area contributed by atoms with Crippen LogP contribution in [0.25, 0.3) is 33.2 Å². The lowest BCUT2D eigenvalue weighted by Crippen LogP contribution is -2.01. The molecular weight excluding hydrogens is 376 g/mol. The summed E-state index contributed by atoms with van der Waals surface area (Å²) >= 11 is 0. The molecule has 0 aliphatic rings. The van der Waals surface area contributed by atoms with Crippen LogP contribution in [0.15, 0.2) is 121 Å². The van der Waals surface area contributed by atoms with Crippen LogP contribution in [0.3, 0.4) is 0 Å². The Kier molecular flexibility index (Phi) is 5.12. The van der Waals surface area contributed by atoms with Gasteiger partial charge < -0.3 is 10.3 Å². The molecule has 31 heavy (non-hydrogen) atoms. The molecule has 1 aromatic heterocycles. The van der Waals surface area contributed by atoms with Crippen molar-refractivity contribution >= 4 is 33.2 Å². The molecule has 2 nitrogen and oxygen atoms in total. The SMILES string of the molecule is N/C(=C\C(=C/Cc1ccccc1)n1c2ccccc2c2ccccc21)c1ccccc1. The van der Waals surface area contributed by atoms with Gasteiger partial charge in [-0.05, 0) is 35.8 Å². The Balaban J connectivity index is 1.72. The van der Waals surface area contributed by atoms with Crippen LogP contribution in [0.4, 0.5) is 0 Å². The summed E-state index contributed by atoms with van der Waals surface area (Å²) in [5, 5.41) is 2.49. The largest absolute Gasteiger partial charge is 0.398 e. The molecule has 0 amide bonds. The van der Waals surface area contributed by atoms with Crippen molar-refractivity contribution in [2.45, 2.75) is 6.42 Å². The van der Waals surface area contributed by atoms with E-state index in [4.69, 9.17) is 5.73 Å². The molecule has 5 aromatic rings. The van der Waals surface area contributed by atoms with E-state index in [9.17, 15) is 0 Å². The van der Waals surface area contributed by atoms with Gasteiger partial charge in [0.05, 0.1) is 11.0 Å². The molecule has 0 aliphatic heterocycles. The van der Waals surface area contributed by atoms with Crippen LogP contribution >= 0.6 is 0 Å². The van der Waals surface area contributed by atoms with Crippen molar-refractivity contribution in [3.8, 4) is 0 Å². The Morgan fingerprint density at radius 3 is 1.77 bits per heavy atom. The molecule has 0 radical (unpaired) electrons. The number of rotatable bonds is 5. The average molecular weight is 401 g/mol. The minimum atomic E-state index is 0.752. The third kappa shape index (κ3) is 3.76. The number of para-hydroxylation sites is 2. The highest BCUT2D eigenvalue weighted by Crippen LogP contribution is 2.32. The fourth-order valence-corrected chi connectivity index (χ4v) is 4.13. The minimum Gasteiger partial charge on any atom is -0.398 e. The van der Waals surface area contributed by atoms with Gasteiger partial charge in [-0.15, -0.1) is 0 Å². The molecule has 0 bridgehead atoms. The third-order valence-corrected chi connectivity index (χ3v) is 5.64. The van der Waals surface area contributed by atoms with Gasteiger partial charge in [0.15, 0.2) is 0 Å². The summed E-state index contributed by atoms with van der Waals surface area (Å²) in [5.41, 5.74) is 13.0. The van der Waals surface area contributed by atoms with Gasteiger partial charge in [-0.1, -0.05) is 103 Å². The van der Waals surface area contributed by atoms with E-state index < -0.39 is 0 Å². The predicted molar refractivity (Wildman–Crippen MR) is 132 cm³/mol. The van der Waals surface area contributed by atoms with E-state index in [1.807, 2.05) is 36.4 Å². The van der Waals surface area contributed by atoms with E-state index in [2.05, 4.69) is 89.5 Å². The van der Waals surface area contributed by atoms with E-state index in [0.29, 0.717) is 0 Å². The lowest BCUT2D eigenvalue weighted by Gasteiger charge is -2.12. The Bertz CT molecular complexity index is 1340. The quantitative estimate of drug-likeness (QED) is 0.320. The second-order valence-corrected chi connectivity index (χ2v) is 7.65. The molecular formula is C29H24N2. The van der Waals surface area contributed by atoms with Crippen LogP contribution in [-0.4, -0.2) is 4.57 Å². The van der Waals surface area contributed by atoms with Crippen molar-refractivity contribution in [3.63, 3.8) is 0 Å². The zero-order chi connectivity index (χ0) is 21.0. The van der Waals surface area contributed by atoms with E-state index in [1.54, 1.807) is 0 Å². The lowest BCUT2D eigenvalue weighted by atomic mass is 10.1. The zero-order valence-corrected chi connectivity index (χ0v) is 17.3. The maximum absolute atomic E-state index is 6.57. The van der Waals surface area contributed by atoms with Gasteiger partial charge in [-0.2, -0.15) is 0 Å². The van der Waals surface area contributed by atoms with Crippen molar-refractivity contribution in [3.05, 3.63) is 132 Å². The smallest absolute Gasteiger partial charge is 0.0540 e. The molecule has 2 N–H and O–H groups in total. The summed E-state index contributed by atoms with van der Waals surface area (Å²) in [5.74, 6) is 0. The zero-order valence-electron chi connectivity index (χ0n) is 17.3. The highest BCUT2D eigenvalue weighted by atomic mass is 15.0. The molecule has 2 heteroatoms. The van der Waals surface area contributed by atoms with Crippen molar-refractivity contribution in [2.24, 2.45) is 5.73 Å². The summed E-state index contributed by atoms with van der Waals surface area (Å²) in [4.78, 5) is 0. The number of hydrogen-bond acceptors (Lipinski definition) is 1. The molecule has 4 aromatic carbocycles. The third-order valence-electron chi connectivity index (χ3n) is 5.64. The second-order valence-electron chi connectivity index (χ2n) is 7.65. The number of nitrogens with zero attached hydrogens (tertiary/aromatic N) is 1. The fraction of sp³-hybridized carbons (Fsp3) is 0.0345. The van der Waals surface area contributed by atoms with E-state index in [1.165, 1.54) is 27.4 Å². The minimum absolute atomic E-state index is 0.752. The van der Waals surface area contributed by atoms with Crippen LogP contribution in [-0.2, 0) is 6.42 Å². The average Bonchev–Trinajstić information content (AvgIpc) is 3.17. The number of aromatic nitrogens is 1. The lowest BCUT2D eigenvalue weighted by molar-refractivity contribution is 1.19. The molecule has 0 aliphatic carbocycles. The normalized spacial score (nSPS) is 12.5. The number of fused-ring (bicyclic) bond motifs is 3. The van der Waals surface area contributed by atoms with Gasteiger partial charge in [0.2, 0.25) is 0 Å². The van der Waals surface area contributed by atoms with Crippen molar-refractivity contribution in [2.75, 3.05) is 0 Å². The first-order valence-electron chi connectivity index (χ1n) is 10.6. The van der Waals surface area contributed by atoms with Crippen molar-refractivity contribution in [1.29, 1.82) is 0 Å². The Labute approximate surface area is 182 Å². The van der Waals surface area contributed by atoms with Crippen LogP contribution in [0.1, 0.15) is 11.1 Å². The van der Waals surface area contributed by atoms with Crippen LogP contribution < -0.4 is 5.73 Å². The van der Waals surface area contributed by atoms with Crippen molar-refractivity contribution in [1.82, 2.24) is 4.57 Å². The molecule has 150 valence electrons. The van der Waals surface area contributed by atoms with Gasteiger partial charge in [-0.3, -0.25) is 0 Å². The van der Waals surface area contributed by atoms with Gasteiger partial charge in [0.1, 0.15) is 0 Å². The molecule has 0 spiro atoms. The van der Waals surface area contributed by atoms with Gasteiger partial charge in [-0.25, -0.2) is 0 Å². The van der Waals surface area contributed by atoms with Crippen LogP contribution in [0, 0.1) is 0 Å². The van der Waals surface area contributed by atoms with Crippen molar-refractivity contribution < 1.29 is 0 Å². The van der Waals surface area contributed by atoms with Crippen LogP contribution in [0.5, 0.6) is 0 Å². The number of nitrogens with two attached hydrogens (primary N) is 1. The summed E-state index contributed by atoms with van der Waals surface area (Å²) in [7, 11) is 0. The standard InChI is InChI=1S/C29H24N2/c30-27(23-13-5-2-6-14-23)21-24(20-19-22-11-3-1-4-12-22)31-28-17-9-7-15-25(28)26-16-8-10-18-29(26)31/h1-18,20-21H,19,30H2/b24-20+,27-21-. The monoisotopic (exact) mass is 400 g/mol. The molecule has 5 rings (SSSR count). The topological polar surface area (TPSA) is 30.9 Å². The van der Waals surface area contributed by atoms with Gasteiger partial charge >= 0.3 is 0 Å². The Morgan fingerprint density at radius 1 is 0.645 bits per heavy atom.